The number of hydrogen-bond donors (Lipinski definition) is 2. The molecule has 7 heteroatoms. The Bertz CT molecular complexity index is 896. The summed E-state index contributed by atoms with van der Waals surface area (Å²) in [6.07, 6.45) is 3.10. The van der Waals surface area contributed by atoms with Crippen LogP contribution in [0.2, 0.25) is 0 Å². The number of amides is 1. The van der Waals surface area contributed by atoms with Crippen molar-refractivity contribution in [1.82, 2.24) is 20.4 Å². The minimum atomic E-state index is 0.130. The van der Waals surface area contributed by atoms with Crippen molar-refractivity contribution in [3.05, 3.63) is 57.8 Å². The SMILES string of the molecule is CN=C(NCC(=O)N1CCc2sccc2C1)NC1CCN(Cc2ccccc2)C(C)C1. The lowest BCUT2D eigenvalue weighted by atomic mass is 9.97. The van der Waals surface area contributed by atoms with E-state index in [4.69, 9.17) is 0 Å². The van der Waals surface area contributed by atoms with Crippen LogP contribution in [0.25, 0.3) is 0 Å². The van der Waals surface area contributed by atoms with Gasteiger partial charge >= 0.3 is 0 Å². The summed E-state index contributed by atoms with van der Waals surface area (Å²) in [7, 11) is 1.77. The molecule has 0 saturated carbocycles. The molecule has 1 aromatic carbocycles. The number of rotatable bonds is 5. The molecule has 6 nitrogen and oxygen atoms in total. The van der Waals surface area contributed by atoms with Crippen LogP contribution in [0.15, 0.2) is 46.8 Å². The van der Waals surface area contributed by atoms with Gasteiger partial charge in [0.25, 0.3) is 0 Å². The second-order valence-corrected chi connectivity index (χ2v) is 9.53. The molecule has 2 aliphatic heterocycles. The van der Waals surface area contributed by atoms with Gasteiger partial charge in [-0.1, -0.05) is 30.3 Å². The maximum absolute atomic E-state index is 12.7. The summed E-state index contributed by atoms with van der Waals surface area (Å²) < 4.78 is 0. The zero-order valence-corrected chi connectivity index (χ0v) is 19.3. The third-order valence-corrected chi connectivity index (χ3v) is 7.40. The van der Waals surface area contributed by atoms with Crippen molar-refractivity contribution in [2.75, 3.05) is 26.7 Å². The number of fused-ring (bicyclic) bond motifs is 1. The van der Waals surface area contributed by atoms with E-state index in [0.29, 0.717) is 12.1 Å². The molecule has 0 spiro atoms. The van der Waals surface area contributed by atoms with Crippen molar-refractivity contribution in [3.63, 3.8) is 0 Å². The Morgan fingerprint density at radius 2 is 2.06 bits per heavy atom. The number of hydrogen-bond acceptors (Lipinski definition) is 4. The van der Waals surface area contributed by atoms with Crippen molar-refractivity contribution >= 4 is 23.2 Å². The highest BCUT2D eigenvalue weighted by molar-refractivity contribution is 7.10. The molecule has 0 radical (unpaired) electrons. The number of aliphatic imine (C=N–C) groups is 1. The first-order valence-electron chi connectivity index (χ1n) is 11.2. The molecule has 1 aromatic heterocycles. The molecular formula is C24H33N5OS. The fourth-order valence-electron chi connectivity index (χ4n) is 4.53. The van der Waals surface area contributed by atoms with Gasteiger partial charge in [0.05, 0.1) is 6.54 Å². The Labute approximate surface area is 189 Å². The third-order valence-electron chi connectivity index (χ3n) is 6.37. The summed E-state index contributed by atoms with van der Waals surface area (Å²) >= 11 is 1.79. The molecule has 166 valence electrons. The number of carbonyl (C=O) groups excluding carboxylic acids is 1. The molecular weight excluding hydrogens is 406 g/mol. The number of likely N-dealkylation sites (tertiary alicyclic amines) is 1. The lowest BCUT2D eigenvalue weighted by molar-refractivity contribution is -0.130. The molecule has 31 heavy (non-hydrogen) atoms. The van der Waals surface area contributed by atoms with E-state index >= 15 is 0 Å². The van der Waals surface area contributed by atoms with Crippen LogP contribution >= 0.6 is 11.3 Å². The highest BCUT2D eigenvalue weighted by Gasteiger charge is 2.26. The Morgan fingerprint density at radius 3 is 2.84 bits per heavy atom. The minimum Gasteiger partial charge on any atom is -0.354 e. The van der Waals surface area contributed by atoms with Gasteiger partial charge in [-0.25, -0.2) is 0 Å². The summed E-state index contributed by atoms with van der Waals surface area (Å²) in [6.45, 7) is 6.16. The van der Waals surface area contributed by atoms with Crippen molar-refractivity contribution in [2.24, 2.45) is 4.99 Å². The van der Waals surface area contributed by atoms with E-state index in [-0.39, 0.29) is 12.5 Å². The molecule has 2 aliphatic rings. The van der Waals surface area contributed by atoms with Gasteiger partial charge in [-0.05, 0) is 48.8 Å². The highest BCUT2D eigenvalue weighted by atomic mass is 32.1. The van der Waals surface area contributed by atoms with E-state index in [0.717, 1.165) is 51.4 Å². The van der Waals surface area contributed by atoms with Crippen LogP contribution in [-0.2, 0) is 24.3 Å². The lowest BCUT2D eigenvalue weighted by Crippen LogP contribution is -2.52. The first-order valence-corrected chi connectivity index (χ1v) is 12.1. The van der Waals surface area contributed by atoms with Gasteiger partial charge in [0, 0.05) is 50.2 Å². The number of carbonyl (C=O) groups is 1. The molecule has 2 atom stereocenters. The molecule has 3 heterocycles. The Hall–Kier alpha value is -2.38. The second-order valence-electron chi connectivity index (χ2n) is 8.53. The molecule has 4 rings (SSSR count). The summed E-state index contributed by atoms with van der Waals surface area (Å²) in [5.74, 6) is 0.848. The average Bonchev–Trinajstić information content (AvgIpc) is 3.27. The number of nitrogens with zero attached hydrogens (tertiary/aromatic N) is 3. The summed E-state index contributed by atoms with van der Waals surface area (Å²) in [5.41, 5.74) is 2.66. The van der Waals surface area contributed by atoms with Crippen LogP contribution < -0.4 is 10.6 Å². The first kappa shape index (κ1) is 21.8. The Kier molecular flexibility index (Phi) is 7.25. The second kappa shape index (κ2) is 10.3. The highest BCUT2D eigenvalue weighted by Crippen LogP contribution is 2.24. The molecule has 2 unspecified atom stereocenters. The smallest absolute Gasteiger partial charge is 0.242 e. The van der Waals surface area contributed by atoms with E-state index in [2.05, 4.69) is 69.2 Å². The number of piperidine rings is 1. The van der Waals surface area contributed by atoms with E-state index in [9.17, 15) is 4.79 Å². The average molecular weight is 440 g/mol. The number of guanidine groups is 1. The van der Waals surface area contributed by atoms with Crippen molar-refractivity contribution in [1.29, 1.82) is 0 Å². The number of benzene rings is 1. The maximum Gasteiger partial charge on any atom is 0.242 e. The molecule has 1 amide bonds. The molecule has 0 bridgehead atoms. The summed E-state index contributed by atoms with van der Waals surface area (Å²) in [4.78, 5) is 22.9. The molecule has 1 saturated heterocycles. The molecule has 0 aliphatic carbocycles. The first-order chi connectivity index (χ1) is 15.1. The van der Waals surface area contributed by atoms with Gasteiger partial charge in [0.2, 0.25) is 5.91 Å². The van der Waals surface area contributed by atoms with Crippen LogP contribution in [0.5, 0.6) is 0 Å². The quantitative estimate of drug-likeness (QED) is 0.556. The number of nitrogens with one attached hydrogen (secondary N) is 2. The van der Waals surface area contributed by atoms with Crippen molar-refractivity contribution in [2.45, 2.75) is 51.4 Å². The Morgan fingerprint density at radius 1 is 1.23 bits per heavy atom. The van der Waals surface area contributed by atoms with Crippen molar-refractivity contribution in [3.8, 4) is 0 Å². The summed E-state index contributed by atoms with van der Waals surface area (Å²) in [5, 5.41) is 8.89. The van der Waals surface area contributed by atoms with Crippen LogP contribution in [-0.4, -0.2) is 60.4 Å². The molecule has 2 N–H and O–H groups in total. The van der Waals surface area contributed by atoms with Crippen molar-refractivity contribution < 1.29 is 4.79 Å². The maximum atomic E-state index is 12.7. The number of thiophene rings is 1. The summed E-state index contributed by atoms with van der Waals surface area (Å²) in [6, 6.07) is 13.7. The fraction of sp³-hybridized carbons (Fsp3) is 0.500. The van der Waals surface area contributed by atoms with Gasteiger partial charge < -0.3 is 15.5 Å². The molecule has 1 fully saturated rings. The predicted molar refractivity (Wildman–Crippen MR) is 127 cm³/mol. The standard InChI is InChI=1S/C24H33N5OS/c1-18-14-21(8-11-28(18)16-19-6-4-3-5-7-19)27-24(25-2)26-15-23(30)29-12-9-22-20(17-29)10-13-31-22/h3-7,10,13,18,21H,8-9,11-12,14-17H2,1-2H3,(H2,25,26,27). The Balaban J connectivity index is 1.22. The lowest BCUT2D eigenvalue weighted by Gasteiger charge is -2.38. The normalized spacial score (nSPS) is 22.1. The van der Waals surface area contributed by atoms with Gasteiger partial charge in [-0.15, -0.1) is 11.3 Å². The monoisotopic (exact) mass is 439 g/mol. The fourth-order valence-corrected chi connectivity index (χ4v) is 5.41. The van der Waals surface area contributed by atoms with E-state index in [1.807, 2.05) is 4.90 Å². The van der Waals surface area contributed by atoms with Crippen LogP contribution in [0, 0.1) is 0 Å². The van der Waals surface area contributed by atoms with Crippen LogP contribution in [0.1, 0.15) is 35.8 Å². The third kappa shape index (κ3) is 5.66. The van der Waals surface area contributed by atoms with Gasteiger partial charge in [-0.2, -0.15) is 0 Å². The van der Waals surface area contributed by atoms with Gasteiger partial charge in [-0.3, -0.25) is 14.7 Å². The largest absolute Gasteiger partial charge is 0.354 e. The van der Waals surface area contributed by atoms with E-state index < -0.39 is 0 Å². The topological polar surface area (TPSA) is 60.0 Å². The van der Waals surface area contributed by atoms with Crippen LogP contribution in [0.4, 0.5) is 0 Å². The van der Waals surface area contributed by atoms with Gasteiger partial charge in [0.1, 0.15) is 0 Å². The zero-order chi connectivity index (χ0) is 21.6. The van der Waals surface area contributed by atoms with E-state index in [1.54, 1.807) is 18.4 Å². The van der Waals surface area contributed by atoms with Crippen LogP contribution in [0.3, 0.4) is 0 Å². The van der Waals surface area contributed by atoms with E-state index in [1.165, 1.54) is 16.0 Å². The predicted octanol–water partition coefficient (Wildman–Crippen LogP) is 2.85. The zero-order valence-electron chi connectivity index (χ0n) is 18.5. The minimum absolute atomic E-state index is 0.130. The van der Waals surface area contributed by atoms with Gasteiger partial charge in [0.15, 0.2) is 5.96 Å². The molecule has 2 aromatic rings.